The Labute approximate surface area is 202 Å². The van der Waals surface area contributed by atoms with Crippen LogP contribution in [0.3, 0.4) is 0 Å². The highest BCUT2D eigenvalue weighted by Crippen LogP contribution is 2.36. The second-order valence-corrected chi connectivity index (χ2v) is 9.26. The van der Waals surface area contributed by atoms with Crippen LogP contribution in [0, 0.1) is 24.4 Å². The van der Waals surface area contributed by atoms with Crippen molar-refractivity contribution in [3.63, 3.8) is 0 Å². The van der Waals surface area contributed by atoms with Gasteiger partial charge in [0.15, 0.2) is 11.6 Å². The lowest BCUT2D eigenvalue weighted by atomic mass is 9.82. The minimum absolute atomic E-state index is 0.0248. The van der Waals surface area contributed by atoms with Crippen molar-refractivity contribution < 1.29 is 17.9 Å². The SMILES string of the molecule is C=C/C(=C\C=C(/C)c1ccc(COC2CCC(c3ccc(C)cc3F)CC2)c(F)c1F)CCC. The van der Waals surface area contributed by atoms with Crippen LogP contribution >= 0.6 is 0 Å². The van der Waals surface area contributed by atoms with Gasteiger partial charge in [0.05, 0.1) is 12.7 Å². The fourth-order valence-electron chi connectivity index (χ4n) is 4.58. The van der Waals surface area contributed by atoms with Crippen molar-refractivity contribution in [1.29, 1.82) is 0 Å². The van der Waals surface area contributed by atoms with E-state index in [4.69, 9.17) is 4.74 Å². The van der Waals surface area contributed by atoms with Crippen LogP contribution in [0.15, 0.2) is 60.7 Å². The van der Waals surface area contributed by atoms with E-state index in [2.05, 4.69) is 13.5 Å². The Balaban J connectivity index is 1.60. The van der Waals surface area contributed by atoms with E-state index < -0.39 is 11.6 Å². The van der Waals surface area contributed by atoms with Crippen molar-refractivity contribution in [2.45, 2.75) is 77.9 Å². The molecule has 0 atom stereocenters. The molecule has 1 nitrogen and oxygen atoms in total. The Kier molecular flexibility index (Phi) is 9.35. The summed E-state index contributed by atoms with van der Waals surface area (Å²) in [5, 5.41) is 0. The van der Waals surface area contributed by atoms with Crippen LogP contribution in [0.1, 0.15) is 80.5 Å². The Morgan fingerprint density at radius 1 is 1.03 bits per heavy atom. The molecule has 0 unspecified atom stereocenters. The first kappa shape index (κ1) is 26.0. The van der Waals surface area contributed by atoms with E-state index in [1.807, 2.05) is 25.1 Å². The molecule has 34 heavy (non-hydrogen) atoms. The topological polar surface area (TPSA) is 9.23 Å². The molecular weight excluding hydrogens is 433 g/mol. The fraction of sp³-hybridized carbons (Fsp3) is 0.400. The highest BCUT2D eigenvalue weighted by molar-refractivity contribution is 5.66. The van der Waals surface area contributed by atoms with Gasteiger partial charge in [-0.05, 0) is 80.2 Å². The molecule has 0 radical (unpaired) electrons. The molecule has 3 rings (SSSR count). The molecule has 0 bridgehead atoms. The quantitative estimate of drug-likeness (QED) is 0.334. The van der Waals surface area contributed by atoms with Gasteiger partial charge in [-0.15, -0.1) is 0 Å². The van der Waals surface area contributed by atoms with Crippen molar-refractivity contribution >= 4 is 5.57 Å². The average Bonchev–Trinajstić information content (AvgIpc) is 2.83. The molecule has 0 N–H and O–H groups in total. The molecule has 0 spiro atoms. The molecule has 1 aliphatic rings. The summed E-state index contributed by atoms with van der Waals surface area (Å²) in [5.41, 5.74) is 3.86. The van der Waals surface area contributed by atoms with E-state index in [1.165, 1.54) is 0 Å². The number of aryl methyl sites for hydroxylation is 1. The van der Waals surface area contributed by atoms with E-state index in [9.17, 15) is 13.2 Å². The molecule has 0 amide bonds. The van der Waals surface area contributed by atoms with Gasteiger partial charge in [-0.1, -0.05) is 62.4 Å². The maximum Gasteiger partial charge on any atom is 0.166 e. The molecule has 4 heteroatoms. The predicted octanol–water partition coefficient (Wildman–Crippen LogP) is 8.97. The summed E-state index contributed by atoms with van der Waals surface area (Å²) < 4.78 is 49.8. The van der Waals surface area contributed by atoms with Crippen molar-refractivity contribution in [1.82, 2.24) is 0 Å². The maximum atomic E-state index is 14.8. The van der Waals surface area contributed by atoms with Gasteiger partial charge in [-0.25, -0.2) is 13.2 Å². The van der Waals surface area contributed by atoms with Crippen molar-refractivity contribution in [3.8, 4) is 0 Å². The van der Waals surface area contributed by atoms with Crippen LogP contribution in [0.5, 0.6) is 0 Å². The first-order chi connectivity index (χ1) is 16.3. The lowest BCUT2D eigenvalue weighted by molar-refractivity contribution is 0.0117. The summed E-state index contributed by atoms with van der Waals surface area (Å²) in [4.78, 5) is 0. The molecule has 182 valence electrons. The fourth-order valence-corrected chi connectivity index (χ4v) is 4.58. The summed E-state index contributed by atoms with van der Waals surface area (Å²) in [6.45, 7) is 9.56. The molecule has 1 aliphatic carbocycles. The Morgan fingerprint density at radius 3 is 2.41 bits per heavy atom. The Morgan fingerprint density at radius 2 is 1.76 bits per heavy atom. The molecule has 0 saturated heterocycles. The molecule has 1 fully saturated rings. The monoisotopic (exact) mass is 468 g/mol. The van der Waals surface area contributed by atoms with Crippen LogP contribution in [0.4, 0.5) is 13.2 Å². The van der Waals surface area contributed by atoms with Crippen molar-refractivity contribution in [2.24, 2.45) is 0 Å². The minimum atomic E-state index is -0.859. The largest absolute Gasteiger partial charge is 0.373 e. The number of ether oxygens (including phenoxy) is 1. The smallest absolute Gasteiger partial charge is 0.166 e. The van der Waals surface area contributed by atoms with Crippen molar-refractivity contribution in [2.75, 3.05) is 0 Å². The number of hydrogen-bond donors (Lipinski definition) is 0. The average molecular weight is 469 g/mol. The molecule has 1 saturated carbocycles. The highest BCUT2D eigenvalue weighted by Gasteiger charge is 2.25. The summed E-state index contributed by atoms with van der Waals surface area (Å²) in [6, 6.07) is 8.61. The van der Waals surface area contributed by atoms with Crippen LogP contribution < -0.4 is 0 Å². The van der Waals surface area contributed by atoms with Gasteiger partial charge in [0.2, 0.25) is 0 Å². The third-order valence-corrected chi connectivity index (χ3v) is 6.68. The van der Waals surface area contributed by atoms with Gasteiger partial charge >= 0.3 is 0 Å². The third kappa shape index (κ3) is 6.50. The zero-order valence-electron chi connectivity index (χ0n) is 20.5. The second-order valence-electron chi connectivity index (χ2n) is 9.26. The van der Waals surface area contributed by atoms with Gasteiger partial charge in [0.1, 0.15) is 5.82 Å². The standard InChI is InChI=1S/C30H35F3O/c1-5-7-22(6-2)10-9-21(4)26-17-13-24(29(32)30(26)33)19-34-25-14-11-23(12-15-25)27-16-8-20(3)18-28(27)31/h6,8-10,13,16-18,23,25H,2,5,7,11-12,14-15,19H2,1,3-4H3/b21-9+,22-10+. The first-order valence-electron chi connectivity index (χ1n) is 12.2. The van der Waals surface area contributed by atoms with Gasteiger partial charge in [-0.2, -0.15) is 0 Å². The van der Waals surface area contributed by atoms with Gasteiger partial charge in [0, 0.05) is 11.1 Å². The number of benzene rings is 2. The van der Waals surface area contributed by atoms with E-state index in [0.717, 1.165) is 55.2 Å². The van der Waals surface area contributed by atoms with E-state index in [1.54, 1.807) is 37.3 Å². The molecule has 0 aliphatic heterocycles. The summed E-state index contributed by atoms with van der Waals surface area (Å²) in [5.74, 6) is -1.68. The van der Waals surface area contributed by atoms with E-state index in [-0.39, 0.29) is 35.6 Å². The maximum absolute atomic E-state index is 14.8. The first-order valence-corrected chi connectivity index (χ1v) is 12.2. The number of hydrogen-bond acceptors (Lipinski definition) is 1. The highest BCUT2D eigenvalue weighted by atomic mass is 19.2. The van der Waals surface area contributed by atoms with Crippen LogP contribution in [0.2, 0.25) is 0 Å². The number of allylic oxidation sites excluding steroid dienone is 5. The molecule has 0 aromatic heterocycles. The summed E-state index contributed by atoms with van der Waals surface area (Å²) in [7, 11) is 0. The minimum Gasteiger partial charge on any atom is -0.373 e. The van der Waals surface area contributed by atoms with E-state index >= 15 is 0 Å². The predicted molar refractivity (Wildman–Crippen MR) is 134 cm³/mol. The van der Waals surface area contributed by atoms with Gasteiger partial charge < -0.3 is 4.74 Å². The molecule has 2 aromatic carbocycles. The lowest BCUT2D eigenvalue weighted by Gasteiger charge is -2.29. The number of halogens is 3. The normalized spacial score (nSPS) is 19.4. The van der Waals surface area contributed by atoms with Gasteiger partial charge in [0.25, 0.3) is 0 Å². The van der Waals surface area contributed by atoms with Crippen LogP contribution in [-0.2, 0) is 11.3 Å². The van der Waals surface area contributed by atoms with Crippen molar-refractivity contribution in [3.05, 3.63) is 100 Å². The van der Waals surface area contributed by atoms with Gasteiger partial charge in [-0.3, -0.25) is 0 Å². The van der Waals surface area contributed by atoms with E-state index in [0.29, 0.717) is 5.57 Å². The molecule has 0 heterocycles. The molecule has 2 aromatic rings. The summed E-state index contributed by atoms with van der Waals surface area (Å²) >= 11 is 0. The second kappa shape index (κ2) is 12.2. The zero-order chi connectivity index (χ0) is 24.7. The Bertz CT molecular complexity index is 1060. The van der Waals surface area contributed by atoms with Crippen LogP contribution in [0.25, 0.3) is 5.57 Å². The van der Waals surface area contributed by atoms with Crippen LogP contribution in [-0.4, -0.2) is 6.10 Å². The number of rotatable bonds is 9. The zero-order valence-corrected chi connectivity index (χ0v) is 20.5. The Hall–Kier alpha value is -2.59. The third-order valence-electron chi connectivity index (χ3n) is 6.68. The summed E-state index contributed by atoms with van der Waals surface area (Å²) in [6.07, 6.45) is 10.5. The molecular formula is C30H35F3O. The lowest BCUT2D eigenvalue weighted by Crippen LogP contribution is -2.21.